The summed E-state index contributed by atoms with van der Waals surface area (Å²) in [5.74, 6) is -0.401. The fourth-order valence-corrected chi connectivity index (χ4v) is 2.29. The highest BCUT2D eigenvalue weighted by Crippen LogP contribution is 2.10. The third kappa shape index (κ3) is 4.00. The van der Waals surface area contributed by atoms with Crippen molar-refractivity contribution in [1.29, 1.82) is 0 Å². The molecule has 1 fully saturated rings. The van der Waals surface area contributed by atoms with E-state index in [0.717, 1.165) is 31.9 Å². The molecule has 1 atom stereocenters. The molecule has 6 heteroatoms. The number of likely N-dealkylation sites (N-methyl/N-ethyl adjacent to an activating group) is 1. The molecule has 1 unspecified atom stereocenters. The van der Waals surface area contributed by atoms with Gasteiger partial charge >= 0.3 is 5.97 Å². The van der Waals surface area contributed by atoms with Crippen molar-refractivity contribution in [3.63, 3.8) is 0 Å². The average molecular weight is 279 g/mol. The number of esters is 1. The van der Waals surface area contributed by atoms with Crippen molar-refractivity contribution >= 4 is 5.97 Å². The van der Waals surface area contributed by atoms with Gasteiger partial charge < -0.3 is 14.8 Å². The second kappa shape index (κ2) is 7.33. The van der Waals surface area contributed by atoms with Crippen LogP contribution in [-0.2, 0) is 16.0 Å². The number of hydrogen-bond donors (Lipinski definition) is 1. The summed E-state index contributed by atoms with van der Waals surface area (Å²) < 4.78 is 10.4. The van der Waals surface area contributed by atoms with Gasteiger partial charge in [0.2, 0.25) is 0 Å². The van der Waals surface area contributed by atoms with Crippen molar-refractivity contribution in [3.8, 4) is 0 Å². The SMILES string of the molecule is CNCC1CN(Cc2cccc(C(=O)OC)n2)CCO1. The van der Waals surface area contributed by atoms with Gasteiger partial charge in [-0.25, -0.2) is 9.78 Å². The Kier molecular flexibility index (Phi) is 5.46. The minimum Gasteiger partial charge on any atom is -0.464 e. The van der Waals surface area contributed by atoms with Crippen molar-refractivity contribution < 1.29 is 14.3 Å². The van der Waals surface area contributed by atoms with Crippen LogP contribution >= 0.6 is 0 Å². The highest BCUT2D eigenvalue weighted by Gasteiger charge is 2.20. The summed E-state index contributed by atoms with van der Waals surface area (Å²) in [6, 6.07) is 5.42. The number of pyridine rings is 1. The van der Waals surface area contributed by atoms with Crippen LogP contribution in [0.1, 0.15) is 16.2 Å². The highest BCUT2D eigenvalue weighted by atomic mass is 16.5. The molecular weight excluding hydrogens is 258 g/mol. The van der Waals surface area contributed by atoms with Crippen LogP contribution < -0.4 is 5.32 Å². The minimum absolute atomic E-state index is 0.206. The van der Waals surface area contributed by atoms with E-state index in [1.807, 2.05) is 19.2 Å². The van der Waals surface area contributed by atoms with Gasteiger partial charge in [-0.05, 0) is 19.2 Å². The van der Waals surface area contributed by atoms with E-state index in [-0.39, 0.29) is 6.10 Å². The number of carbonyl (C=O) groups is 1. The molecule has 20 heavy (non-hydrogen) atoms. The number of morpholine rings is 1. The summed E-state index contributed by atoms with van der Waals surface area (Å²) in [5, 5.41) is 3.13. The molecule has 0 radical (unpaired) electrons. The van der Waals surface area contributed by atoms with Crippen molar-refractivity contribution in [2.45, 2.75) is 12.6 Å². The molecule has 0 aliphatic carbocycles. The van der Waals surface area contributed by atoms with Gasteiger partial charge in [-0.2, -0.15) is 0 Å². The molecule has 0 amide bonds. The summed E-state index contributed by atoms with van der Waals surface area (Å²) >= 11 is 0. The van der Waals surface area contributed by atoms with Gasteiger partial charge in [-0.15, -0.1) is 0 Å². The molecule has 1 N–H and O–H groups in total. The van der Waals surface area contributed by atoms with Gasteiger partial charge in [-0.1, -0.05) is 6.07 Å². The largest absolute Gasteiger partial charge is 0.464 e. The van der Waals surface area contributed by atoms with Crippen LogP contribution in [0.5, 0.6) is 0 Å². The molecule has 1 aliphatic heterocycles. The van der Waals surface area contributed by atoms with E-state index in [0.29, 0.717) is 12.2 Å². The van der Waals surface area contributed by atoms with E-state index in [9.17, 15) is 4.79 Å². The van der Waals surface area contributed by atoms with E-state index in [1.165, 1.54) is 7.11 Å². The Bertz CT molecular complexity index is 451. The van der Waals surface area contributed by atoms with Crippen molar-refractivity contribution in [1.82, 2.24) is 15.2 Å². The first kappa shape index (κ1) is 14.9. The number of carbonyl (C=O) groups excluding carboxylic acids is 1. The van der Waals surface area contributed by atoms with Gasteiger partial charge in [0.1, 0.15) is 5.69 Å². The molecule has 1 aliphatic rings. The lowest BCUT2D eigenvalue weighted by Gasteiger charge is -2.32. The third-order valence-corrected chi connectivity index (χ3v) is 3.24. The predicted molar refractivity (Wildman–Crippen MR) is 74.5 cm³/mol. The molecule has 110 valence electrons. The van der Waals surface area contributed by atoms with Crippen molar-refractivity contribution in [3.05, 3.63) is 29.6 Å². The Balaban J connectivity index is 1.97. The molecule has 2 heterocycles. The van der Waals surface area contributed by atoms with Crippen LogP contribution in [-0.4, -0.2) is 62.4 Å². The first-order chi connectivity index (χ1) is 9.72. The predicted octanol–water partition coefficient (Wildman–Crippen LogP) is 0.288. The molecule has 0 saturated carbocycles. The number of hydrogen-bond acceptors (Lipinski definition) is 6. The van der Waals surface area contributed by atoms with E-state index >= 15 is 0 Å². The molecule has 6 nitrogen and oxygen atoms in total. The fourth-order valence-electron chi connectivity index (χ4n) is 2.29. The standard InChI is InChI=1S/C14H21N3O3/c1-15-8-12-10-17(6-7-20-12)9-11-4-3-5-13(16-11)14(18)19-2/h3-5,12,15H,6-10H2,1-2H3. The lowest BCUT2D eigenvalue weighted by molar-refractivity contribution is -0.0295. The summed E-state index contributed by atoms with van der Waals surface area (Å²) in [6.07, 6.45) is 0.206. The second-order valence-corrected chi connectivity index (χ2v) is 4.79. The van der Waals surface area contributed by atoms with E-state index < -0.39 is 5.97 Å². The maximum absolute atomic E-state index is 11.5. The molecule has 0 bridgehead atoms. The van der Waals surface area contributed by atoms with Gasteiger partial charge in [-0.3, -0.25) is 4.90 Å². The van der Waals surface area contributed by atoms with E-state index in [4.69, 9.17) is 4.74 Å². The number of ether oxygens (including phenoxy) is 2. The Morgan fingerprint density at radius 2 is 2.45 bits per heavy atom. The Morgan fingerprint density at radius 1 is 1.60 bits per heavy atom. The number of aromatic nitrogens is 1. The molecule has 1 aromatic heterocycles. The molecule has 1 aromatic rings. The zero-order valence-corrected chi connectivity index (χ0v) is 12.0. The highest BCUT2D eigenvalue weighted by molar-refractivity contribution is 5.87. The molecule has 1 saturated heterocycles. The average Bonchev–Trinajstić information content (AvgIpc) is 2.47. The Morgan fingerprint density at radius 3 is 3.20 bits per heavy atom. The van der Waals surface area contributed by atoms with E-state index in [1.54, 1.807) is 6.07 Å². The molecule has 2 rings (SSSR count). The monoisotopic (exact) mass is 279 g/mol. The van der Waals surface area contributed by atoms with E-state index in [2.05, 4.69) is 19.9 Å². The first-order valence-electron chi connectivity index (χ1n) is 6.75. The summed E-state index contributed by atoms with van der Waals surface area (Å²) in [6.45, 7) is 4.03. The first-order valence-corrected chi connectivity index (χ1v) is 6.75. The quantitative estimate of drug-likeness (QED) is 0.782. The third-order valence-electron chi connectivity index (χ3n) is 3.24. The summed E-state index contributed by atoms with van der Waals surface area (Å²) in [4.78, 5) is 18.1. The zero-order chi connectivity index (χ0) is 14.4. The second-order valence-electron chi connectivity index (χ2n) is 4.79. The van der Waals surface area contributed by atoms with Crippen LogP contribution in [0.15, 0.2) is 18.2 Å². The topological polar surface area (TPSA) is 63.7 Å². The Labute approximate surface area is 119 Å². The number of methoxy groups -OCH3 is 1. The number of rotatable bonds is 5. The number of nitrogens with one attached hydrogen (secondary N) is 1. The number of nitrogens with zero attached hydrogens (tertiary/aromatic N) is 2. The van der Waals surface area contributed by atoms with Gasteiger partial charge in [0.15, 0.2) is 0 Å². The zero-order valence-electron chi connectivity index (χ0n) is 12.0. The molecule has 0 spiro atoms. The summed E-state index contributed by atoms with van der Waals surface area (Å²) in [7, 11) is 3.28. The van der Waals surface area contributed by atoms with Gasteiger partial charge in [0, 0.05) is 26.2 Å². The fraction of sp³-hybridized carbons (Fsp3) is 0.571. The Hall–Kier alpha value is -1.50. The van der Waals surface area contributed by atoms with Crippen molar-refractivity contribution in [2.75, 3.05) is 40.4 Å². The van der Waals surface area contributed by atoms with Crippen LogP contribution in [0.25, 0.3) is 0 Å². The van der Waals surface area contributed by atoms with Crippen molar-refractivity contribution in [2.24, 2.45) is 0 Å². The maximum atomic E-state index is 11.5. The van der Waals surface area contributed by atoms with Crippen LogP contribution in [0.2, 0.25) is 0 Å². The lowest BCUT2D eigenvalue weighted by atomic mass is 10.2. The smallest absolute Gasteiger partial charge is 0.356 e. The van der Waals surface area contributed by atoms with Gasteiger partial charge in [0.05, 0.1) is 25.5 Å². The molecular formula is C14H21N3O3. The van der Waals surface area contributed by atoms with Crippen LogP contribution in [0.3, 0.4) is 0 Å². The van der Waals surface area contributed by atoms with Crippen LogP contribution in [0.4, 0.5) is 0 Å². The van der Waals surface area contributed by atoms with Gasteiger partial charge in [0.25, 0.3) is 0 Å². The minimum atomic E-state index is -0.401. The maximum Gasteiger partial charge on any atom is 0.356 e. The van der Waals surface area contributed by atoms with Crippen LogP contribution in [0, 0.1) is 0 Å². The normalized spacial score (nSPS) is 19.8. The summed E-state index contributed by atoms with van der Waals surface area (Å²) in [5.41, 5.74) is 1.23. The molecule has 0 aromatic carbocycles. The lowest BCUT2D eigenvalue weighted by Crippen LogP contribution is -2.45.